The smallest absolute Gasteiger partial charge is 0.191 e. The summed E-state index contributed by atoms with van der Waals surface area (Å²) in [6, 6.07) is 6.55. The zero-order valence-electron chi connectivity index (χ0n) is 14.2. The number of aryl methyl sites for hydroxylation is 2. The van der Waals surface area contributed by atoms with Crippen molar-refractivity contribution in [1.29, 1.82) is 0 Å². The van der Waals surface area contributed by atoms with E-state index in [0.717, 1.165) is 30.0 Å². The average Bonchev–Trinajstić information content (AvgIpc) is 2.90. The summed E-state index contributed by atoms with van der Waals surface area (Å²) in [5.41, 5.74) is 2.08. The van der Waals surface area contributed by atoms with Crippen LogP contribution in [0.4, 0.5) is 4.39 Å². The molecule has 0 unspecified atom stereocenters. The Balaban J connectivity index is 0.00000288. The number of hydrogen-bond acceptors (Lipinski definition) is 3. The highest BCUT2D eigenvalue weighted by atomic mass is 127. The van der Waals surface area contributed by atoms with E-state index in [1.54, 1.807) is 24.5 Å². The summed E-state index contributed by atoms with van der Waals surface area (Å²) >= 11 is 1.76. The molecule has 2 aromatic rings. The fraction of sp³-hybridized carbons (Fsp3) is 0.412. The first-order valence-electron chi connectivity index (χ1n) is 7.76. The van der Waals surface area contributed by atoms with Gasteiger partial charge in [-0.3, -0.25) is 4.99 Å². The van der Waals surface area contributed by atoms with Crippen LogP contribution in [0.1, 0.15) is 28.1 Å². The van der Waals surface area contributed by atoms with Crippen molar-refractivity contribution in [2.45, 2.75) is 33.2 Å². The van der Waals surface area contributed by atoms with Crippen molar-refractivity contribution in [2.75, 3.05) is 13.6 Å². The molecule has 0 aliphatic heterocycles. The van der Waals surface area contributed by atoms with E-state index in [1.165, 1.54) is 22.7 Å². The number of guanidine groups is 1. The second-order valence-electron chi connectivity index (χ2n) is 5.20. The highest BCUT2D eigenvalue weighted by molar-refractivity contribution is 14.0. The van der Waals surface area contributed by atoms with Crippen molar-refractivity contribution in [1.82, 2.24) is 15.6 Å². The summed E-state index contributed by atoms with van der Waals surface area (Å²) in [6.45, 7) is 5.54. The van der Waals surface area contributed by atoms with E-state index in [-0.39, 0.29) is 29.8 Å². The first kappa shape index (κ1) is 20.8. The van der Waals surface area contributed by atoms with Gasteiger partial charge in [0.25, 0.3) is 0 Å². The van der Waals surface area contributed by atoms with E-state index in [0.29, 0.717) is 12.5 Å². The number of aromatic nitrogens is 1. The topological polar surface area (TPSA) is 49.3 Å². The summed E-state index contributed by atoms with van der Waals surface area (Å²) in [7, 11) is 1.73. The van der Waals surface area contributed by atoms with E-state index in [2.05, 4.69) is 34.5 Å². The monoisotopic (exact) mass is 462 g/mol. The molecule has 24 heavy (non-hydrogen) atoms. The molecule has 1 aromatic carbocycles. The predicted octanol–water partition coefficient (Wildman–Crippen LogP) is 3.68. The minimum absolute atomic E-state index is 0. The third-order valence-corrected chi connectivity index (χ3v) is 4.55. The van der Waals surface area contributed by atoms with Gasteiger partial charge in [-0.05, 0) is 31.0 Å². The molecule has 2 rings (SSSR count). The van der Waals surface area contributed by atoms with Gasteiger partial charge >= 0.3 is 0 Å². The largest absolute Gasteiger partial charge is 0.356 e. The predicted molar refractivity (Wildman–Crippen MR) is 110 cm³/mol. The molecule has 0 fully saturated rings. The molecule has 132 valence electrons. The van der Waals surface area contributed by atoms with Gasteiger partial charge in [0.05, 0.1) is 10.7 Å². The lowest BCUT2D eigenvalue weighted by atomic mass is 10.2. The third-order valence-electron chi connectivity index (χ3n) is 3.48. The summed E-state index contributed by atoms with van der Waals surface area (Å²) in [5.74, 6) is 0.483. The number of nitrogens with one attached hydrogen (secondary N) is 2. The molecule has 0 amide bonds. The van der Waals surface area contributed by atoms with Crippen LogP contribution in [-0.4, -0.2) is 24.5 Å². The van der Waals surface area contributed by atoms with Gasteiger partial charge < -0.3 is 10.6 Å². The van der Waals surface area contributed by atoms with Crippen LogP contribution in [0.15, 0.2) is 29.3 Å². The summed E-state index contributed by atoms with van der Waals surface area (Å²) in [6.07, 6.45) is 1.85. The van der Waals surface area contributed by atoms with Gasteiger partial charge in [-0.1, -0.05) is 19.1 Å². The lowest BCUT2D eigenvalue weighted by molar-refractivity contribution is 0.624. The van der Waals surface area contributed by atoms with Gasteiger partial charge in [0.2, 0.25) is 0 Å². The fourth-order valence-electron chi connectivity index (χ4n) is 2.26. The maximum atomic E-state index is 13.1. The SMILES string of the molecule is CCc1nc(CCNC(=NC)NCc2cccc(F)c2)sc1C.I. The van der Waals surface area contributed by atoms with E-state index in [4.69, 9.17) is 0 Å². The molecular weight excluding hydrogens is 438 g/mol. The second-order valence-corrected chi connectivity index (χ2v) is 6.48. The van der Waals surface area contributed by atoms with Gasteiger partial charge in [-0.2, -0.15) is 0 Å². The van der Waals surface area contributed by atoms with Crippen LogP contribution in [0.5, 0.6) is 0 Å². The zero-order valence-corrected chi connectivity index (χ0v) is 17.4. The summed E-state index contributed by atoms with van der Waals surface area (Å²) < 4.78 is 13.1. The first-order chi connectivity index (χ1) is 11.1. The van der Waals surface area contributed by atoms with Gasteiger partial charge in [-0.25, -0.2) is 9.37 Å². The maximum Gasteiger partial charge on any atom is 0.191 e. The van der Waals surface area contributed by atoms with Crippen molar-refractivity contribution in [3.63, 3.8) is 0 Å². The van der Waals surface area contributed by atoms with Crippen LogP contribution in [0.25, 0.3) is 0 Å². The van der Waals surface area contributed by atoms with E-state index >= 15 is 0 Å². The molecule has 0 radical (unpaired) electrons. The van der Waals surface area contributed by atoms with Crippen LogP contribution in [0, 0.1) is 12.7 Å². The molecule has 0 saturated carbocycles. The minimum Gasteiger partial charge on any atom is -0.356 e. The zero-order chi connectivity index (χ0) is 16.7. The number of benzene rings is 1. The lowest BCUT2D eigenvalue weighted by Crippen LogP contribution is -2.37. The van der Waals surface area contributed by atoms with Crippen molar-refractivity contribution >= 4 is 41.3 Å². The number of nitrogens with zero attached hydrogens (tertiary/aromatic N) is 2. The van der Waals surface area contributed by atoms with Gasteiger partial charge in [0, 0.05) is 31.4 Å². The highest BCUT2D eigenvalue weighted by Gasteiger charge is 2.06. The number of thiazole rings is 1. The number of aliphatic imine (C=N–C) groups is 1. The quantitative estimate of drug-likeness (QED) is 0.391. The van der Waals surface area contributed by atoms with Gasteiger partial charge in [0.15, 0.2) is 5.96 Å². The first-order valence-corrected chi connectivity index (χ1v) is 8.58. The molecule has 0 aliphatic rings. The standard InChI is InChI=1S/C17H23FN4S.HI/c1-4-15-12(2)23-16(22-15)8-9-20-17(19-3)21-11-13-6-5-7-14(18)10-13;/h5-7,10H,4,8-9,11H2,1-3H3,(H2,19,20,21);1H. The highest BCUT2D eigenvalue weighted by Crippen LogP contribution is 2.17. The Morgan fingerprint density at radius 1 is 1.33 bits per heavy atom. The van der Waals surface area contributed by atoms with E-state index in [1.807, 2.05) is 6.07 Å². The van der Waals surface area contributed by atoms with Crippen molar-refractivity contribution < 1.29 is 4.39 Å². The Morgan fingerprint density at radius 2 is 2.12 bits per heavy atom. The van der Waals surface area contributed by atoms with Crippen molar-refractivity contribution in [2.24, 2.45) is 4.99 Å². The molecule has 0 spiro atoms. The number of rotatable bonds is 6. The Kier molecular flexibility index (Phi) is 9.20. The van der Waals surface area contributed by atoms with Crippen molar-refractivity contribution in [3.05, 3.63) is 51.2 Å². The third kappa shape index (κ3) is 6.35. The Bertz CT molecular complexity index is 672. The van der Waals surface area contributed by atoms with Gasteiger partial charge in [0.1, 0.15) is 5.82 Å². The molecule has 0 bridgehead atoms. The summed E-state index contributed by atoms with van der Waals surface area (Å²) in [4.78, 5) is 10.1. The lowest BCUT2D eigenvalue weighted by Gasteiger charge is -2.11. The Morgan fingerprint density at radius 3 is 2.75 bits per heavy atom. The normalized spacial score (nSPS) is 11.1. The number of halogens is 2. The average molecular weight is 462 g/mol. The molecule has 7 heteroatoms. The maximum absolute atomic E-state index is 13.1. The van der Waals surface area contributed by atoms with Crippen LogP contribution in [-0.2, 0) is 19.4 Å². The Labute approximate surface area is 164 Å². The Hall–Kier alpha value is -1.22. The molecule has 0 aliphatic carbocycles. The minimum atomic E-state index is -0.224. The molecule has 2 N–H and O–H groups in total. The molecule has 4 nitrogen and oxygen atoms in total. The summed E-state index contributed by atoms with van der Waals surface area (Å²) in [5, 5.41) is 7.59. The molecule has 0 atom stereocenters. The van der Waals surface area contributed by atoms with Crippen LogP contribution in [0.3, 0.4) is 0 Å². The molecule has 1 aromatic heterocycles. The van der Waals surface area contributed by atoms with Crippen molar-refractivity contribution in [3.8, 4) is 0 Å². The van der Waals surface area contributed by atoms with Gasteiger partial charge in [-0.15, -0.1) is 35.3 Å². The fourth-order valence-corrected chi connectivity index (χ4v) is 3.28. The van der Waals surface area contributed by atoms with E-state index in [9.17, 15) is 4.39 Å². The second kappa shape index (κ2) is 10.6. The number of hydrogen-bond donors (Lipinski definition) is 2. The molecule has 0 saturated heterocycles. The van der Waals surface area contributed by atoms with E-state index < -0.39 is 0 Å². The van der Waals surface area contributed by atoms with Crippen LogP contribution < -0.4 is 10.6 Å². The van der Waals surface area contributed by atoms with Crippen LogP contribution >= 0.6 is 35.3 Å². The molecular formula is C17H24FIN4S. The van der Waals surface area contributed by atoms with Crippen LogP contribution in [0.2, 0.25) is 0 Å². The molecule has 1 heterocycles.